The summed E-state index contributed by atoms with van der Waals surface area (Å²) in [6.07, 6.45) is 8.37. The molecule has 1 aromatic carbocycles. The minimum atomic E-state index is -0.369. The maximum atomic E-state index is 14.5. The molecule has 6 heteroatoms. The second-order valence-corrected chi connectivity index (χ2v) is 13.0. The summed E-state index contributed by atoms with van der Waals surface area (Å²) in [6.45, 7) is 5.97. The van der Waals surface area contributed by atoms with Gasteiger partial charge in [-0.05, 0) is 106 Å². The molecule has 4 saturated carbocycles. The number of rotatable bonds is 5. The summed E-state index contributed by atoms with van der Waals surface area (Å²) in [7, 11) is 0. The quantitative estimate of drug-likeness (QED) is 0.518. The van der Waals surface area contributed by atoms with E-state index in [4.69, 9.17) is 4.74 Å². The Morgan fingerprint density at radius 1 is 1.11 bits per heavy atom. The molecule has 1 heterocycles. The number of carbonyl (C=O) groups excluding carboxylic acids is 2. The number of piperidine rings is 1. The van der Waals surface area contributed by atoms with Crippen molar-refractivity contribution in [3.8, 4) is 0 Å². The van der Waals surface area contributed by atoms with Gasteiger partial charge in [-0.25, -0.2) is 0 Å². The Morgan fingerprint density at radius 3 is 2.40 bits per heavy atom. The Bertz CT molecular complexity index is 976. The molecule has 7 rings (SSSR count). The number of carbonyl (C=O) groups is 2. The van der Waals surface area contributed by atoms with Crippen LogP contribution in [0.1, 0.15) is 75.8 Å². The fourth-order valence-corrected chi connectivity index (χ4v) is 10.0. The van der Waals surface area contributed by atoms with Crippen molar-refractivity contribution < 1.29 is 14.3 Å². The molecule has 0 radical (unpaired) electrons. The lowest BCUT2D eigenvalue weighted by Gasteiger charge is -2.55. The second kappa shape index (κ2) is 9.16. The molecule has 5 fully saturated rings. The monoisotopic (exact) mass is 542 g/mol. The Morgan fingerprint density at radius 2 is 1.77 bits per heavy atom. The summed E-state index contributed by atoms with van der Waals surface area (Å²) < 4.78 is 6.57. The number of benzene rings is 1. The van der Waals surface area contributed by atoms with Crippen molar-refractivity contribution in [2.45, 2.75) is 76.2 Å². The van der Waals surface area contributed by atoms with E-state index in [0.717, 1.165) is 47.8 Å². The average Bonchev–Trinajstić information content (AvgIpc) is 3.11. The van der Waals surface area contributed by atoms with E-state index in [-0.39, 0.29) is 35.0 Å². The molecule has 1 spiro atoms. The predicted octanol–water partition coefficient (Wildman–Crippen LogP) is 4.92. The topological polar surface area (TPSA) is 67.4 Å². The molecule has 5 aliphatic carbocycles. The molecule has 6 aliphatic rings. The third-order valence-corrected chi connectivity index (χ3v) is 11.0. The van der Waals surface area contributed by atoms with E-state index in [1.54, 1.807) is 0 Å². The van der Waals surface area contributed by atoms with Gasteiger partial charge in [0, 0.05) is 21.8 Å². The summed E-state index contributed by atoms with van der Waals surface area (Å²) in [5, 5.41) is 7.18. The van der Waals surface area contributed by atoms with Gasteiger partial charge in [0.25, 0.3) is 0 Å². The molecule has 35 heavy (non-hydrogen) atoms. The van der Waals surface area contributed by atoms with Gasteiger partial charge < -0.3 is 15.4 Å². The lowest BCUT2D eigenvalue weighted by atomic mass is 9.54. The molecule has 5 nitrogen and oxygen atoms in total. The first-order valence-electron chi connectivity index (χ1n) is 13.9. The molecule has 4 bridgehead atoms. The van der Waals surface area contributed by atoms with Crippen LogP contribution in [-0.2, 0) is 19.7 Å². The third-order valence-electron chi connectivity index (χ3n) is 10.4. The first-order valence-corrected chi connectivity index (χ1v) is 14.7. The van der Waals surface area contributed by atoms with Crippen LogP contribution in [0.5, 0.6) is 0 Å². The molecule has 1 saturated heterocycles. The van der Waals surface area contributed by atoms with Gasteiger partial charge in [0.15, 0.2) is 0 Å². The van der Waals surface area contributed by atoms with E-state index in [0.29, 0.717) is 24.5 Å². The van der Waals surface area contributed by atoms with Gasteiger partial charge in [-0.15, -0.1) is 0 Å². The van der Waals surface area contributed by atoms with E-state index >= 15 is 0 Å². The van der Waals surface area contributed by atoms with E-state index in [1.807, 2.05) is 13.8 Å². The molecule has 3 atom stereocenters. The smallest absolute Gasteiger partial charge is 0.309 e. The van der Waals surface area contributed by atoms with Crippen LogP contribution in [-0.4, -0.2) is 37.6 Å². The summed E-state index contributed by atoms with van der Waals surface area (Å²) >= 11 is 3.86. The van der Waals surface area contributed by atoms with Crippen LogP contribution >= 0.6 is 15.9 Å². The highest BCUT2D eigenvalue weighted by Crippen LogP contribution is 2.60. The number of esters is 1. The minimum Gasteiger partial charge on any atom is -0.466 e. The molecule has 0 aromatic heterocycles. The Hall–Kier alpha value is -1.40. The van der Waals surface area contributed by atoms with Crippen molar-refractivity contribution in [1.29, 1.82) is 0 Å². The predicted molar refractivity (Wildman–Crippen MR) is 139 cm³/mol. The van der Waals surface area contributed by atoms with Gasteiger partial charge in [-0.2, -0.15) is 0 Å². The van der Waals surface area contributed by atoms with Crippen molar-refractivity contribution in [3.63, 3.8) is 0 Å². The minimum absolute atomic E-state index is 0.170. The molecule has 3 unspecified atom stereocenters. The van der Waals surface area contributed by atoms with Crippen LogP contribution in [0.2, 0.25) is 0 Å². The van der Waals surface area contributed by atoms with Gasteiger partial charge in [0.1, 0.15) is 0 Å². The van der Waals surface area contributed by atoms with Gasteiger partial charge in [-0.3, -0.25) is 9.59 Å². The van der Waals surface area contributed by atoms with Gasteiger partial charge in [-0.1, -0.05) is 35.0 Å². The highest BCUT2D eigenvalue weighted by atomic mass is 79.9. The Labute approximate surface area is 217 Å². The number of fused-ring (bicyclic) bond motifs is 2. The van der Waals surface area contributed by atoms with Crippen LogP contribution in [0.3, 0.4) is 0 Å². The van der Waals surface area contributed by atoms with Crippen molar-refractivity contribution in [3.05, 3.63) is 33.8 Å². The molecule has 1 amide bonds. The Kier molecular flexibility index (Phi) is 6.28. The number of nitrogens with one attached hydrogen (secondary N) is 2. The fraction of sp³-hybridized carbons (Fsp3) is 0.724. The highest BCUT2D eigenvalue weighted by molar-refractivity contribution is 9.10. The molecular weight excluding hydrogens is 504 g/mol. The summed E-state index contributed by atoms with van der Waals surface area (Å²) in [5.41, 5.74) is 2.15. The van der Waals surface area contributed by atoms with Crippen molar-refractivity contribution in [1.82, 2.24) is 10.6 Å². The van der Waals surface area contributed by atoms with Gasteiger partial charge in [0.2, 0.25) is 5.91 Å². The standard InChI is InChI=1S/C29H39BrN2O3/c1-3-35-28(34)16(2)23-21-5-4-6-22(30)24(21)29(7-9-31-10-8-29)25(23)27(33)32-26-19-12-17-11-18(14-19)15-20(26)13-17/h4-6,16-20,23,25-26,31H,3,7-15H2,1-2H3,(H,32,33). The number of amides is 1. The first kappa shape index (κ1) is 24.0. The van der Waals surface area contributed by atoms with Crippen molar-refractivity contribution >= 4 is 27.8 Å². The van der Waals surface area contributed by atoms with Crippen LogP contribution in [0.4, 0.5) is 0 Å². The summed E-state index contributed by atoms with van der Waals surface area (Å²) in [4.78, 5) is 27.6. The largest absolute Gasteiger partial charge is 0.466 e. The van der Waals surface area contributed by atoms with E-state index in [9.17, 15) is 9.59 Å². The molecule has 2 N–H and O–H groups in total. The molecule has 1 aromatic rings. The lowest BCUT2D eigenvalue weighted by Crippen LogP contribution is -2.59. The first-order chi connectivity index (χ1) is 16.9. The Balaban J connectivity index is 1.38. The van der Waals surface area contributed by atoms with Crippen LogP contribution in [0.25, 0.3) is 0 Å². The fourth-order valence-electron chi connectivity index (χ4n) is 9.26. The van der Waals surface area contributed by atoms with E-state index in [2.05, 4.69) is 44.8 Å². The van der Waals surface area contributed by atoms with Crippen LogP contribution in [0, 0.1) is 35.5 Å². The zero-order valence-electron chi connectivity index (χ0n) is 21.0. The normalized spacial score (nSPS) is 37.2. The average molecular weight is 544 g/mol. The number of hydrogen-bond donors (Lipinski definition) is 2. The number of halogens is 1. The van der Waals surface area contributed by atoms with Crippen LogP contribution in [0.15, 0.2) is 22.7 Å². The molecule has 190 valence electrons. The van der Waals surface area contributed by atoms with E-state index in [1.165, 1.54) is 37.7 Å². The lowest BCUT2D eigenvalue weighted by molar-refractivity contribution is -0.149. The zero-order valence-corrected chi connectivity index (χ0v) is 22.6. The number of ether oxygens (including phenoxy) is 1. The maximum Gasteiger partial charge on any atom is 0.309 e. The summed E-state index contributed by atoms with van der Waals surface area (Å²) in [6, 6.07) is 6.62. The zero-order chi connectivity index (χ0) is 24.3. The number of hydrogen-bond acceptors (Lipinski definition) is 4. The molecule has 1 aliphatic heterocycles. The van der Waals surface area contributed by atoms with Gasteiger partial charge >= 0.3 is 5.97 Å². The van der Waals surface area contributed by atoms with Crippen LogP contribution < -0.4 is 10.6 Å². The van der Waals surface area contributed by atoms with Gasteiger partial charge in [0.05, 0.1) is 18.4 Å². The highest BCUT2D eigenvalue weighted by Gasteiger charge is 2.59. The second-order valence-electron chi connectivity index (χ2n) is 12.1. The molecular formula is C29H39BrN2O3. The van der Waals surface area contributed by atoms with E-state index < -0.39 is 0 Å². The SMILES string of the molecule is CCOC(=O)C(C)C1c2cccc(Br)c2C2(CCNCC2)C1C(=O)NC1C2CC3CC(C2)CC1C3. The third kappa shape index (κ3) is 3.80. The maximum absolute atomic E-state index is 14.5. The summed E-state index contributed by atoms with van der Waals surface area (Å²) in [5.74, 6) is 2.22. The van der Waals surface area contributed by atoms with Crippen molar-refractivity contribution in [2.75, 3.05) is 19.7 Å². The van der Waals surface area contributed by atoms with Crippen molar-refractivity contribution in [2.24, 2.45) is 35.5 Å².